The standard InChI is InChI=1S/C43H48FN5O9S/c1-42(2,3)58-41(53)46-31-15-11-6-4-5-10-14-26-23-43(26,40(52)48-59(54,55)29-17-18-29)47-38(50)33-21-28(24-49(33)39(31)51)56-35-22-32(25-12-8-7-9-13-25)45-36-30-20-27(44)16-19-34(30)57-37(35)36/h7-10,12-14,16,19-20,22,26,28-29,31,33H,4-6,11,15,17-18,21,23-24H2,1-3H3,(H,46,53)(H,47,50)(H,48,52)/t26-,28-,31+,33+,43-/m1/s1. The molecule has 3 N–H and O–H groups in total. The number of furan rings is 1. The molecule has 4 aliphatic rings. The van der Waals surface area contributed by atoms with Crippen LogP contribution in [0.2, 0.25) is 0 Å². The van der Waals surface area contributed by atoms with E-state index in [0.29, 0.717) is 47.9 Å². The maximum Gasteiger partial charge on any atom is 0.408 e. The zero-order chi connectivity index (χ0) is 41.7. The summed E-state index contributed by atoms with van der Waals surface area (Å²) in [6, 6.07) is 12.9. The summed E-state index contributed by atoms with van der Waals surface area (Å²) in [5.74, 6) is -2.72. The molecule has 4 heterocycles. The molecular weight excluding hydrogens is 782 g/mol. The largest absolute Gasteiger partial charge is 0.484 e. The summed E-state index contributed by atoms with van der Waals surface area (Å²) in [6.45, 7) is 5.05. The average molecular weight is 830 g/mol. The van der Waals surface area contributed by atoms with E-state index < -0.39 is 80.2 Å². The lowest BCUT2D eigenvalue weighted by atomic mass is 10.0. The van der Waals surface area contributed by atoms with Crippen LogP contribution in [-0.2, 0) is 29.1 Å². The third kappa shape index (κ3) is 8.63. The number of carbonyl (C=O) groups is 4. The van der Waals surface area contributed by atoms with Gasteiger partial charge in [-0.25, -0.2) is 22.6 Å². The Morgan fingerprint density at radius 2 is 1.81 bits per heavy atom. The molecule has 0 bridgehead atoms. The molecular formula is C43H48FN5O9S. The Bertz CT molecular complexity index is 2450. The van der Waals surface area contributed by atoms with E-state index in [-0.39, 0.29) is 37.1 Å². The van der Waals surface area contributed by atoms with Crippen LogP contribution >= 0.6 is 0 Å². The van der Waals surface area contributed by atoms with Crippen molar-refractivity contribution >= 4 is 55.9 Å². The van der Waals surface area contributed by atoms with Crippen LogP contribution < -0.4 is 20.1 Å². The predicted molar refractivity (Wildman–Crippen MR) is 216 cm³/mol. The van der Waals surface area contributed by atoms with Gasteiger partial charge < -0.3 is 29.4 Å². The number of halogens is 1. The Kier molecular flexibility index (Phi) is 10.6. The van der Waals surface area contributed by atoms with Gasteiger partial charge in [0.05, 0.1) is 17.5 Å². The molecule has 0 radical (unpaired) electrons. The van der Waals surface area contributed by atoms with Gasteiger partial charge in [-0.3, -0.25) is 19.1 Å². The number of hydrogen-bond acceptors (Lipinski definition) is 10. The molecule has 5 atom stereocenters. The number of amides is 4. The number of carbonyl (C=O) groups excluding carboxylic acids is 4. The van der Waals surface area contributed by atoms with Gasteiger partial charge in [0.25, 0.3) is 5.91 Å². The second-order valence-corrected chi connectivity index (χ2v) is 18.9. The van der Waals surface area contributed by atoms with Crippen molar-refractivity contribution in [2.24, 2.45) is 5.92 Å². The van der Waals surface area contributed by atoms with Gasteiger partial charge in [-0.15, -0.1) is 0 Å². The maximum absolute atomic E-state index is 14.7. The predicted octanol–water partition coefficient (Wildman–Crippen LogP) is 6.03. The fourth-order valence-corrected chi connectivity index (χ4v) is 9.36. The van der Waals surface area contributed by atoms with Crippen molar-refractivity contribution in [3.8, 4) is 17.0 Å². The molecule has 2 saturated carbocycles. The van der Waals surface area contributed by atoms with Gasteiger partial charge in [-0.05, 0) is 77.5 Å². The van der Waals surface area contributed by atoms with Crippen LogP contribution in [0.1, 0.15) is 78.6 Å². The highest BCUT2D eigenvalue weighted by atomic mass is 32.2. The van der Waals surface area contributed by atoms with Crippen molar-refractivity contribution in [2.75, 3.05) is 6.54 Å². The van der Waals surface area contributed by atoms with Crippen LogP contribution in [0.3, 0.4) is 0 Å². The van der Waals surface area contributed by atoms with Gasteiger partial charge in [0, 0.05) is 29.4 Å². The second kappa shape index (κ2) is 15.6. The first-order valence-corrected chi connectivity index (χ1v) is 21.7. The monoisotopic (exact) mass is 829 g/mol. The first-order chi connectivity index (χ1) is 28.1. The van der Waals surface area contributed by atoms with Crippen LogP contribution in [0, 0.1) is 11.7 Å². The zero-order valence-corrected chi connectivity index (χ0v) is 34.0. The highest BCUT2D eigenvalue weighted by Gasteiger charge is 2.62. The number of sulfonamides is 1. The molecule has 0 unspecified atom stereocenters. The van der Waals surface area contributed by atoms with Gasteiger partial charge in [0.1, 0.15) is 46.2 Å². The van der Waals surface area contributed by atoms with E-state index in [9.17, 15) is 32.0 Å². The van der Waals surface area contributed by atoms with E-state index in [4.69, 9.17) is 18.9 Å². The van der Waals surface area contributed by atoms with Gasteiger partial charge >= 0.3 is 6.09 Å². The fourth-order valence-electron chi connectivity index (χ4n) is 8.00. The molecule has 14 nitrogen and oxygen atoms in total. The Morgan fingerprint density at radius 3 is 2.56 bits per heavy atom. The normalized spacial score (nSPS) is 25.3. The summed E-state index contributed by atoms with van der Waals surface area (Å²) in [7, 11) is -3.93. The SMILES string of the molecule is CC(C)(C)OC(=O)N[C@H]1CCCCCC=C[C@@H]2C[C@@]2(C(=O)NS(=O)(=O)C2CC2)NC(=O)[C@@H]2C[C@@H](Oc3cc(-c4ccccc4)nc4c3oc3ccc(F)cc34)CN2C1=O. The molecule has 16 heteroatoms. The van der Waals surface area contributed by atoms with Crippen LogP contribution in [0.5, 0.6) is 5.75 Å². The lowest BCUT2D eigenvalue weighted by Crippen LogP contribution is -2.58. The van der Waals surface area contributed by atoms with E-state index in [1.165, 1.54) is 23.1 Å². The lowest BCUT2D eigenvalue weighted by Gasteiger charge is -2.30. The number of aromatic nitrogens is 1. The summed E-state index contributed by atoms with van der Waals surface area (Å²) in [5, 5.41) is 5.39. The van der Waals surface area contributed by atoms with E-state index in [1.54, 1.807) is 26.8 Å². The number of ether oxygens (including phenoxy) is 2. The lowest BCUT2D eigenvalue weighted by molar-refractivity contribution is -0.141. The third-order valence-corrected chi connectivity index (χ3v) is 13.1. The Hall–Kier alpha value is -5.51. The minimum Gasteiger partial charge on any atom is -0.484 e. The topological polar surface area (TPSA) is 186 Å². The van der Waals surface area contributed by atoms with Crippen LogP contribution in [0.25, 0.3) is 33.3 Å². The van der Waals surface area contributed by atoms with Crippen molar-refractivity contribution < 1.29 is 45.9 Å². The van der Waals surface area contributed by atoms with Crippen molar-refractivity contribution in [1.82, 2.24) is 25.2 Å². The van der Waals surface area contributed by atoms with Gasteiger partial charge in [-0.1, -0.05) is 55.3 Å². The summed E-state index contributed by atoms with van der Waals surface area (Å²) in [4.78, 5) is 62.3. The van der Waals surface area contributed by atoms with Gasteiger partial charge in [0.15, 0.2) is 11.3 Å². The quantitative estimate of drug-likeness (QED) is 0.186. The smallest absolute Gasteiger partial charge is 0.408 e. The van der Waals surface area contributed by atoms with E-state index >= 15 is 0 Å². The molecule has 1 saturated heterocycles. The van der Waals surface area contributed by atoms with E-state index in [2.05, 4.69) is 15.4 Å². The molecule has 2 aromatic carbocycles. The van der Waals surface area contributed by atoms with Crippen LogP contribution in [0.4, 0.5) is 9.18 Å². The molecule has 0 spiro atoms. The number of nitrogens with zero attached hydrogens (tertiary/aromatic N) is 2. The fraction of sp³-hybridized carbons (Fsp3) is 0.465. The molecule has 8 rings (SSSR count). The molecule has 59 heavy (non-hydrogen) atoms. The Morgan fingerprint density at radius 1 is 1.03 bits per heavy atom. The van der Waals surface area contributed by atoms with Crippen molar-refractivity contribution in [3.63, 3.8) is 0 Å². The van der Waals surface area contributed by atoms with Crippen molar-refractivity contribution in [1.29, 1.82) is 0 Å². The number of rotatable bonds is 7. The zero-order valence-electron chi connectivity index (χ0n) is 33.2. The Balaban J connectivity index is 1.15. The summed E-state index contributed by atoms with van der Waals surface area (Å²) in [5.41, 5.74) is -0.123. The van der Waals surface area contributed by atoms with Crippen LogP contribution in [0.15, 0.2) is 71.2 Å². The maximum atomic E-state index is 14.7. The number of hydrogen-bond donors (Lipinski definition) is 3. The molecule has 4 amide bonds. The number of alkyl carbamates (subject to hydrolysis) is 1. The molecule has 2 aliphatic carbocycles. The first kappa shape index (κ1) is 40.3. The van der Waals surface area contributed by atoms with Crippen LogP contribution in [-0.4, -0.2) is 83.2 Å². The second-order valence-electron chi connectivity index (χ2n) is 17.0. The van der Waals surface area contributed by atoms with Crippen molar-refractivity contribution in [2.45, 2.75) is 113 Å². The van der Waals surface area contributed by atoms with Gasteiger partial charge in [-0.2, -0.15) is 0 Å². The summed E-state index contributed by atoms with van der Waals surface area (Å²) in [6.07, 6.45) is 6.24. The number of allylic oxidation sites excluding steroid dienone is 1. The number of fused-ring (bicyclic) bond motifs is 5. The average Bonchev–Trinajstić information content (AvgIpc) is 4.08. The molecule has 4 aromatic rings. The molecule has 3 fully saturated rings. The van der Waals surface area contributed by atoms with Crippen molar-refractivity contribution in [3.05, 3.63) is 72.6 Å². The number of pyridine rings is 1. The third-order valence-electron chi connectivity index (χ3n) is 11.2. The number of nitrogens with one attached hydrogen (secondary N) is 3. The summed E-state index contributed by atoms with van der Waals surface area (Å²) >= 11 is 0. The minimum atomic E-state index is -3.93. The Labute approximate surface area is 341 Å². The summed E-state index contributed by atoms with van der Waals surface area (Å²) < 4.78 is 60.9. The first-order valence-electron chi connectivity index (χ1n) is 20.2. The minimum absolute atomic E-state index is 0.0331. The highest BCUT2D eigenvalue weighted by Crippen LogP contribution is 2.46. The molecule has 2 aromatic heterocycles. The highest BCUT2D eigenvalue weighted by molar-refractivity contribution is 7.91. The molecule has 312 valence electrons. The molecule has 2 aliphatic heterocycles. The van der Waals surface area contributed by atoms with E-state index in [1.807, 2.05) is 42.5 Å². The van der Waals surface area contributed by atoms with Gasteiger partial charge in [0.2, 0.25) is 21.8 Å². The van der Waals surface area contributed by atoms with E-state index in [0.717, 1.165) is 18.4 Å². The number of benzene rings is 2.